The molecule has 5 nitrogen and oxygen atoms in total. The first kappa shape index (κ1) is 22.9. The molecule has 5 rings (SSSR count). The summed E-state index contributed by atoms with van der Waals surface area (Å²) in [7, 11) is 3.49. The Morgan fingerprint density at radius 2 is 1.65 bits per heavy atom. The molecule has 2 aliphatic rings. The Bertz CT molecular complexity index is 1370. The maximum absolute atomic E-state index is 13.5. The lowest BCUT2D eigenvalue weighted by Gasteiger charge is -2.21. The summed E-state index contributed by atoms with van der Waals surface area (Å²) in [6, 6.07) is 15.7. The van der Waals surface area contributed by atoms with E-state index in [1.807, 2.05) is 30.3 Å². The smallest absolute Gasteiger partial charge is 0.251 e. The Morgan fingerprint density at radius 3 is 2.38 bits per heavy atom. The first-order chi connectivity index (χ1) is 16.2. The van der Waals surface area contributed by atoms with E-state index < -0.39 is 6.04 Å². The molecule has 0 spiro atoms. The van der Waals surface area contributed by atoms with Gasteiger partial charge in [-0.05, 0) is 47.5 Å². The van der Waals surface area contributed by atoms with Gasteiger partial charge in [0.2, 0.25) is 5.91 Å². The second-order valence-corrected chi connectivity index (χ2v) is 9.68. The van der Waals surface area contributed by atoms with Crippen LogP contribution in [0, 0.1) is 0 Å². The molecule has 0 bridgehead atoms. The van der Waals surface area contributed by atoms with Gasteiger partial charge in [-0.1, -0.05) is 53.0 Å². The van der Waals surface area contributed by atoms with E-state index in [4.69, 9.17) is 39.8 Å². The summed E-state index contributed by atoms with van der Waals surface area (Å²) in [5, 5.41) is 1.51. The number of carbonyl (C=O) groups is 2. The predicted molar refractivity (Wildman–Crippen MR) is 138 cm³/mol. The van der Waals surface area contributed by atoms with E-state index in [9.17, 15) is 9.59 Å². The molecule has 0 aromatic heterocycles. The van der Waals surface area contributed by atoms with Gasteiger partial charge in [0, 0.05) is 52.4 Å². The van der Waals surface area contributed by atoms with Crippen LogP contribution in [0.4, 0.5) is 11.4 Å². The Labute approximate surface area is 212 Å². The van der Waals surface area contributed by atoms with Gasteiger partial charge in [0.1, 0.15) is 6.04 Å². The fraction of sp³-hybridized carbons (Fsp3) is 0.192. The van der Waals surface area contributed by atoms with Gasteiger partial charge in [-0.25, -0.2) is 0 Å². The van der Waals surface area contributed by atoms with Crippen LogP contribution in [0.15, 0.2) is 59.6 Å². The normalized spacial score (nSPS) is 17.4. The number of halogens is 3. The van der Waals surface area contributed by atoms with Crippen molar-refractivity contribution in [1.82, 2.24) is 0 Å². The molecule has 8 heteroatoms. The molecule has 2 aliphatic heterocycles. The first-order valence-electron chi connectivity index (χ1n) is 10.7. The molecule has 0 aliphatic carbocycles. The van der Waals surface area contributed by atoms with E-state index in [1.165, 1.54) is 0 Å². The quantitative estimate of drug-likeness (QED) is 0.459. The van der Waals surface area contributed by atoms with Gasteiger partial charge >= 0.3 is 0 Å². The van der Waals surface area contributed by atoms with Gasteiger partial charge in [0.15, 0.2) is 0 Å². The van der Waals surface area contributed by atoms with Crippen LogP contribution in [0.5, 0.6) is 0 Å². The topological polar surface area (TPSA) is 53.0 Å². The zero-order valence-corrected chi connectivity index (χ0v) is 20.7. The van der Waals surface area contributed by atoms with Gasteiger partial charge in [-0.15, -0.1) is 0 Å². The van der Waals surface area contributed by atoms with Crippen molar-refractivity contribution >= 4 is 63.7 Å². The number of nitrogens with zero attached hydrogens (tertiary/aromatic N) is 3. The number of amides is 2. The third kappa shape index (κ3) is 3.88. The van der Waals surface area contributed by atoms with Crippen molar-refractivity contribution in [2.45, 2.75) is 18.9 Å². The number of benzodiazepines with no additional fused rings is 1. The minimum Gasteiger partial charge on any atom is -0.315 e. The van der Waals surface area contributed by atoms with Crippen LogP contribution in [-0.4, -0.2) is 37.7 Å². The van der Waals surface area contributed by atoms with Gasteiger partial charge < -0.3 is 9.80 Å². The summed E-state index contributed by atoms with van der Waals surface area (Å²) < 4.78 is 0. The number of benzene rings is 3. The fourth-order valence-electron chi connectivity index (χ4n) is 4.49. The standard InChI is InChI=1S/C26H20Cl3N3O2/c1-31-23-10-15(7-6-14(23)11-24(31)33)25-18-12-16(27)8-9-22(18)32(2)26(34)21(30-25)13-17-19(28)4-3-5-20(17)29/h3-10,12,21H,11,13H2,1-2H3. The molecule has 1 atom stereocenters. The zero-order chi connectivity index (χ0) is 24.1. The molecule has 1 unspecified atom stereocenters. The zero-order valence-electron chi connectivity index (χ0n) is 18.5. The van der Waals surface area contributed by atoms with Gasteiger partial charge in [0.05, 0.1) is 17.8 Å². The number of hydrogen-bond acceptors (Lipinski definition) is 3. The lowest BCUT2D eigenvalue weighted by molar-refractivity contribution is -0.119. The van der Waals surface area contributed by atoms with Crippen molar-refractivity contribution in [3.05, 3.63) is 91.9 Å². The van der Waals surface area contributed by atoms with Crippen LogP contribution in [0.2, 0.25) is 15.1 Å². The van der Waals surface area contributed by atoms with Crippen LogP contribution < -0.4 is 9.80 Å². The minimum atomic E-state index is -0.754. The molecule has 0 radical (unpaired) electrons. The predicted octanol–water partition coefficient (Wildman–Crippen LogP) is 5.59. The lowest BCUT2D eigenvalue weighted by atomic mass is 9.98. The summed E-state index contributed by atoms with van der Waals surface area (Å²) >= 11 is 19.2. The van der Waals surface area contributed by atoms with Crippen LogP contribution >= 0.6 is 34.8 Å². The van der Waals surface area contributed by atoms with E-state index in [0.717, 1.165) is 22.4 Å². The van der Waals surface area contributed by atoms with Gasteiger partial charge in [0.25, 0.3) is 5.91 Å². The number of aliphatic imine (C=N–C) groups is 1. The molecule has 3 aromatic rings. The second kappa shape index (κ2) is 8.73. The molecule has 2 heterocycles. The largest absolute Gasteiger partial charge is 0.315 e. The SMILES string of the molecule is CN1C(=O)Cc2ccc(C3=NC(Cc4c(Cl)cccc4Cl)C(=O)N(C)c4ccc(Cl)cc43)cc21. The molecule has 172 valence electrons. The van der Waals surface area contributed by atoms with E-state index in [1.54, 1.807) is 48.2 Å². The summed E-state index contributed by atoms with van der Waals surface area (Å²) in [5.41, 5.74) is 5.33. The maximum Gasteiger partial charge on any atom is 0.251 e. The van der Waals surface area contributed by atoms with Crippen molar-refractivity contribution < 1.29 is 9.59 Å². The summed E-state index contributed by atoms with van der Waals surface area (Å²) in [4.78, 5) is 33.9. The maximum atomic E-state index is 13.5. The molecule has 0 fully saturated rings. The molecule has 3 aromatic carbocycles. The lowest BCUT2D eigenvalue weighted by Crippen LogP contribution is -2.36. The van der Waals surface area contributed by atoms with Crippen LogP contribution in [0.25, 0.3) is 0 Å². The molecular weight excluding hydrogens is 493 g/mol. The minimum absolute atomic E-state index is 0.0412. The molecule has 2 amide bonds. The number of anilines is 2. The Balaban J connectivity index is 1.69. The highest BCUT2D eigenvalue weighted by molar-refractivity contribution is 6.36. The van der Waals surface area contributed by atoms with Gasteiger partial charge in [-0.2, -0.15) is 0 Å². The summed E-state index contributed by atoms with van der Waals surface area (Å²) in [5.74, 6) is -0.137. The van der Waals surface area contributed by atoms with Crippen LogP contribution in [-0.2, 0) is 22.4 Å². The van der Waals surface area contributed by atoms with Gasteiger partial charge in [-0.3, -0.25) is 14.6 Å². The van der Waals surface area contributed by atoms with Crippen LogP contribution in [0.3, 0.4) is 0 Å². The average molecular weight is 513 g/mol. The number of hydrogen-bond donors (Lipinski definition) is 0. The highest BCUT2D eigenvalue weighted by Crippen LogP contribution is 2.35. The highest BCUT2D eigenvalue weighted by Gasteiger charge is 2.32. The molecule has 34 heavy (non-hydrogen) atoms. The van der Waals surface area contributed by atoms with E-state index in [2.05, 4.69) is 0 Å². The summed E-state index contributed by atoms with van der Waals surface area (Å²) in [6.45, 7) is 0. The third-order valence-electron chi connectivity index (χ3n) is 6.37. The number of rotatable bonds is 3. The Hall–Kier alpha value is -2.86. The fourth-order valence-corrected chi connectivity index (χ4v) is 5.21. The number of fused-ring (bicyclic) bond motifs is 2. The second-order valence-electron chi connectivity index (χ2n) is 8.43. The van der Waals surface area contributed by atoms with E-state index in [0.29, 0.717) is 38.5 Å². The Kier molecular flexibility index (Phi) is 5.88. The van der Waals surface area contributed by atoms with Crippen molar-refractivity contribution in [3.63, 3.8) is 0 Å². The molecular formula is C26H20Cl3N3O2. The average Bonchev–Trinajstić information content (AvgIpc) is 3.05. The van der Waals surface area contributed by atoms with Crippen LogP contribution in [0.1, 0.15) is 22.3 Å². The monoisotopic (exact) mass is 511 g/mol. The number of likely N-dealkylation sites (N-methyl/N-ethyl adjacent to an activating group) is 2. The first-order valence-corrected chi connectivity index (χ1v) is 11.9. The van der Waals surface area contributed by atoms with Crippen molar-refractivity contribution in [3.8, 4) is 0 Å². The Morgan fingerprint density at radius 1 is 0.912 bits per heavy atom. The van der Waals surface area contributed by atoms with E-state index >= 15 is 0 Å². The van der Waals surface area contributed by atoms with Crippen molar-refractivity contribution in [1.29, 1.82) is 0 Å². The molecule has 0 N–H and O–H groups in total. The van der Waals surface area contributed by atoms with Crippen molar-refractivity contribution in [2.75, 3.05) is 23.9 Å². The van der Waals surface area contributed by atoms with E-state index in [-0.39, 0.29) is 18.2 Å². The van der Waals surface area contributed by atoms with Crippen molar-refractivity contribution in [2.24, 2.45) is 4.99 Å². The summed E-state index contributed by atoms with van der Waals surface area (Å²) in [6.07, 6.45) is 0.617. The number of carbonyl (C=O) groups excluding carboxylic acids is 2. The highest BCUT2D eigenvalue weighted by atomic mass is 35.5. The molecule has 0 saturated heterocycles. The third-order valence-corrected chi connectivity index (χ3v) is 7.31. The molecule has 0 saturated carbocycles.